The van der Waals surface area contributed by atoms with Gasteiger partial charge in [-0.3, -0.25) is 4.79 Å². The van der Waals surface area contributed by atoms with E-state index in [1.54, 1.807) is 12.1 Å². The van der Waals surface area contributed by atoms with E-state index in [0.29, 0.717) is 17.2 Å². The van der Waals surface area contributed by atoms with Crippen LogP contribution in [-0.4, -0.2) is 5.91 Å². The molecule has 0 aromatic heterocycles. The van der Waals surface area contributed by atoms with Crippen LogP contribution in [0.4, 0.5) is 0 Å². The van der Waals surface area contributed by atoms with E-state index in [4.69, 9.17) is 22.1 Å². The number of primary amides is 1. The van der Waals surface area contributed by atoms with Gasteiger partial charge in [-0.1, -0.05) is 23.7 Å². The zero-order valence-electron chi connectivity index (χ0n) is 11.4. The molecule has 0 fully saturated rings. The number of carbonyl (C=O) groups excluding carboxylic acids is 1. The monoisotopic (exact) mass is 289 g/mol. The van der Waals surface area contributed by atoms with Crippen LogP contribution >= 0.6 is 11.6 Å². The van der Waals surface area contributed by atoms with Crippen molar-refractivity contribution < 1.29 is 9.53 Å². The highest BCUT2D eigenvalue weighted by atomic mass is 35.5. The van der Waals surface area contributed by atoms with Crippen LogP contribution in [0.2, 0.25) is 5.02 Å². The van der Waals surface area contributed by atoms with Crippen molar-refractivity contribution in [2.24, 2.45) is 5.73 Å². The maximum absolute atomic E-state index is 11.2. The van der Waals surface area contributed by atoms with E-state index in [0.717, 1.165) is 22.4 Å². The van der Waals surface area contributed by atoms with Gasteiger partial charge in [0.2, 0.25) is 5.91 Å². The molecule has 20 heavy (non-hydrogen) atoms. The molecule has 0 saturated heterocycles. The number of carbonyl (C=O) groups is 1. The van der Waals surface area contributed by atoms with Crippen molar-refractivity contribution in [1.29, 1.82) is 0 Å². The standard InChI is InChI=1S/C16H16ClNO2/c1-10-7-13(16(18)19)8-11(2)15(10)20-9-12-3-5-14(17)6-4-12/h3-8H,9H2,1-2H3,(H2,18,19). The number of amides is 1. The molecule has 2 aromatic rings. The SMILES string of the molecule is Cc1cc(C(N)=O)cc(C)c1OCc1ccc(Cl)cc1. The van der Waals surface area contributed by atoms with Crippen LogP contribution < -0.4 is 10.5 Å². The molecule has 0 bridgehead atoms. The van der Waals surface area contributed by atoms with E-state index in [9.17, 15) is 4.79 Å². The van der Waals surface area contributed by atoms with Gasteiger partial charge in [-0.2, -0.15) is 0 Å². The van der Waals surface area contributed by atoms with Gasteiger partial charge in [0, 0.05) is 10.6 Å². The third-order valence-electron chi connectivity index (χ3n) is 3.04. The maximum Gasteiger partial charge on any atom is 0.248 e. The molecule has 1 amide bonds. The normalized spacial score (nSPS) is 10.3. The van der Waals surface area contributed by atoms with E-state index < -0.39 is 5.91 Å². The topological polar surface area (TPSA) is 52.3 Å². The van der Waals surface area contributed by atoms with E-state index in [1.165, 1.54) is 0 Å². The number of halogens is 1. The van der Waals surface area contributed by atoms with Gasteiger partial charge in [0.15, 0.2) is 0 Å². The van der Waals surface area contributed by atoms with Gasteiger partial charge in [-0.15, -0.1) is 0 Å². The molecule has 104 valence electrons. The van der Waals surface area contributed by atoms with Crippen molar-refractivity contribution in [3.05, 3.63) is 63.7 Å². The van der Waals surface area contributed by atoms with Crippen LogP contribution in [0.5, 0.6) is 5.75 Å². The molecule has 0 atom stereocenters. The van der Waals surface area contributed by atoms with Crippen LogP contribution in [0.25, 0.3) is 0 Å². The number of hydrogen-bond acceptors (Lipinski definition) is 2. The van der Waals surface area contributed by atoms with Crippen molar-refractivity contribution >= 4 is 17.5 Å². The Bertz CT molecular complexity index is 612. The molecule has 2 N–H and O–H groups in total. The van der Waals surface area contributed by atoms with Gasteiger partial charge in [-0.05, 0) is 54.8 Å². The largest absolute Gasteiger partial charge is 0.488 e. The highest BCUT2D eigenvalue weighted by Gasteiger charge is 2.09. The Labute approximate surface area is 123 Å². The number of benzene rings is 2. The van der Waals surface area contributed by atoms with Crippen molar-refractivity contribution in [3.63, 3.8) is 0 Å². The van der Waals surface area contributed by atoms with Crippen molar-refractivity contribution in [2.45, 2.75) is 20.5 Å². The van der Waals surface area contributed by atoms with Crippen molar-refractivity contribution in [2.75, 3.05) is 0 Å². The van der Waals surface area contributed by atoms with E-state index in [-0.39, 0.29) is 0 Å². The third-order valence-corrected chi connectivity index (χ3v) is 3.29. The summed E-state index contributed by atoms with van der Waals surface area (Å²) >= 11 is 5.84. The summed E-state index contributed by atoms with van der Waals surface area (Å²) in [6.07, 6.45) is 0. The van der Waals surface area contributed by atoms with Crippen molar-refractivity contribution in [1.82, 2.24) is 0 Å². The van der Waals surface area contributed by atoms with Crippen molar-refractivity contribution in [3.8, 4) is 5.75 Å². The lowest BCUT2D eigenvalue weighted by Crippen LogP contribution is -2.12. The Kier molecular flexibility index (Phi) is 4.30. The lowest BCUT2D eigenvalue weighted by atomic mass is 10.1. The molecule has 0 spiro atoms. The minimum atomic E-state index is -0.430. The molecule has 4 heteroatoms. The Morgan fingerprint density at radius 3 is 2.20 bits per heavy atom. The number of aryl methyl sites for hydroxylation is 2. The molecule has 3 nitrogen and oxygen atoms in total. The molecule has 0 unspecified atom stereocenters. The number of nitrogens with two attached hydrogens (primary N) is 1. The summed E-state index contributed by atoms with van der Waals surface area (Å²) in [5, 5.41) is 0.701. The van der Waals surface area contributed by atoms with Gasteiger partial charge in [0.25, 0.3) is 0 Å². The molecule has 0 saturated carbocycles. The van der Waals surface area contributed by atoms with Crippen LogP contribution in [0, 0.1) is 13.8 Å². The Balaban J connectivity index is 2.17. The van der Waals surface area contributed by atoms with Gasteiger partial charge >= 0.3 is 0 Å². The molecule has 0 aliphatic rings. The van der Waals surface area contributed by atoms with E-state index in [2.05, 4.69) is 0 Å². The Hall–Kier alpha value is -2.00. The lowest BCUT2D eigenvalue weighted by molar-refractivity contribution is 0.1000. The first-order chi connectivity index (χ1) is 9.47. The fourth-order valence-corrected chi connectivity index (χ4v) is 2.18. The first-order valence-electron chi connectivity index (χ1n) is 6.25. The fraction of sp³-hybridized carbons (Fsp3) is 0.188. The summed E-state index contributed by atoms with van der Waals surface area (Å²) in [7, 11) is 0. The highest BCUT2D eigenvalue weighted by molar-refractivity contribution is 6.30. The first kappa shape index (κ1) is 14.4. The number of ether oxygens (including phenoxy) is 1. The summed E-state index contributed by atoms with van der Waals surface area (Å²) in [6.45, 7) is 4.25. The van der Waals surface area contributed by atoms with Crippen LogP contribution in [0.3, 0.4) is 0 Å². The molecule has 0 heterocycles. The lowest BCUT2D eigenvalue weighted by Gasteiger charge is -2.13. The second-order valence-electron chi connectivity index (χ2n) is 4.72. The van der Waals surface area contributed by atoms with Gasteiger partial charge in [-0.25, -0.2) is 0 Å². The second-order valence-corrected chi connectivity index (χ2v) is 5.15. The maximum atomic E-state index is 11.2. The fourth-order valence-electron chi connectivity index (χ4n) is 2.06. The summed E-state index contributed by atoms with van der Waals surface area (Å²) in [5.74, 6) is 0.352. The van der Waals surface area contributed by atoms with Gasteiger partial charge in [0.05, 0.1) is 0 Å². The minimum absolute atomic E-state index is 0.430. The average Bonchev–Trinajstić information content (AvgIpc) is 2.39. The molecule has 2 rings (SSSR count). The zero-order chi connectivity index (χ0) is 14.7. The molecular weight excluding hydrogens is 274 g/mol. The minimum Gasteiger partial charge on any atom is -0.488 e. The molecule has 0 aliphatic carbocycles. The smallest absolute Gasteiger partial charge is 0.248 e. The summed E-state index contributed by atoms with van der Waals surface area (Å²) < 4.78 is 5.83. The Morgan fingerprint density at radius 2 is 1.70 bits per heavy atom. The Morgan fingerprint density at radius 1 is 1.15 bits per heavy atom. The summed E-state index contributed by atoms with van der Waals surface area (Å²) in [6, 6.07) is 11.0. The summed E-state index contributed by atoms with van der Waals surface area (Å²) in [5.41, 5.74) is 8.61. The first-order valence-corrected chi connectivity index (χ1v) is 6.63. The molecule has 2 aromatic carbocycles. The zero-order valence-corrected chi connectivity index (χ0v) is 12.2. The van der Waals surface area contributed by atoms with Crippen LogP contribution in [0.15, 0.2) is 36.4 Å². The molecule has 0 aliphatic heterocycles. The van der Waals surface area contributed by atoms with E-state index >= 15 is 0 Å². The highest BCUT2D eigenvalue weighted by Crippen LogP contribution is 2.25. The molecule has 0 radical (unpaired) electrons. The third kappa shape index (κ3) is 3.31. The number of hydrogen-bond donors (Lipinski definition) is 1. The van der Waals surface area contributed by atoms with Gasteiger partial charge in [0.1, 0.15) is 12.4 Å². The molecular formula is C16H16ClNO2. The second kappa shape index (κ2) is 5.97. The predicted molar refractivity (Wildman–Crippen MR) is 80.2 cm³/mol. The van der Waals surface area contributed by atoms with Crippen LogP contribution in [-0.2, 0) is 6.61 Å². The average molecular weight is 290 g/mol. The quantitative estimate of drug-likeness (QED) is 0.934. The van der Waals surface area contributed by atoms with Crippen LogP contribution in [0.1, 0.15) is 27.0 Å². The number of rotatable bonds is 4. The van der Waals surface area contributed by atoms with E-state index in [1.807, 2.05) is 38.1 Å². The van der Waals surface area contributed by atoms with Gasteiger partial charge < -0.3 is 10.5 Å². The summed E-state index contributed by atoms with van der Waals surface area (Å²) in [4.78, 5) is 11.2. The predicted octanol–water partition coefficient (Wildman–Crippen LogP) is 3.63.